The average Bonchev–Trinajstić information content (AvgIpc) is 2.52. The zero-order valence-corrected chi connectivity index (χ0v) is 12.7. The maximum Gasteiger partial charge on any atom is 0.252 e. The molecule has 0 saturated heterocycles. The first-order valence-electron chi connectivity index (χ1n) is 6.91. The van der Waals surface area contributed by atoms with Gasteiger partial charge < -0.3 is 19.9 Å². The number of hydrogen-bond donors (Lipinski definition) is 1. The minimum Gasteiger partial charge on any atom is -0.497 e. The van der Waals surface area contributed by atoms with Gasteiger partial charge >= 0.3 is 0 Å². The molecule has 0 fully saturated rings. The summed E-state index contributed by atoms with van der Waals surface area (Å²) in [5, 5.41) is 0. The highest BCUT2D eigenvalue weighted by Gasteiger charge is 2.11. The van der Waals surface area contributed by atoms with E-state index in [1.807, 2.05) is 31.2 Å². The normalized spacial score (nSPS) is 10.1. The van der Waals surface area contributed by atoms with Gasteiger partial charge in [-0.1, -0.05) is 18.2 Å². The fourth-order valence-electron chi connectivity index (χ4n) is 1.97. The van der Waals surface area contributed by atoms with E-state index in [2.05, 4.69) is 0 Å². The van der Waals surface area contributed by atoms with Crippen LogP contribution in [0.3, 0.4) is 0 Å². The van der Waals surface area contributed by atoms with Crippen LogP contribution in [0.1, 0.15) is 15.9 Å². The maximum atomic E-state index is 11.4. The number of carbonyl (C=O) groups is 1. The number of aryl methyl sites for hydroxylation is 1. The quantitative estimate of drug-likeness (QED) is 0.798. The van der Waals surface area contributed by atoms with E-state index in [-0.39, 0.29) is 0 Å². The Labute approximate surface area is 129 Å². The molecule has 2 N–H and O–H groups in total. The van der Waals surface area contributed by atoms with E-state index in [0.717, 1.165) is 11.3 Å². The molecule has 1 amide bonds. The molecule has 0 aliphatic heterocycles. The summed E-state index contributed by atoms with van der Waals surface area (Å²) in [6.45, 7) is 2.63. The van der Waals surface area contributed by atoms with Crippen molar-refractivity contribution in [3.8, 4) is 17.2 Å². The molecule has 5 nitrogen and oxygen atoms in total. The molecule has 0 saturated carbocycles. The summed E-state index contributed by atoms with van der Waals surface area (Å²) >= 11 is 0. The molecule has 116 valence electrons. The van der Waals surface area contributed by atoms with Crippen molar-refractivity contribution in [1.29, 1.82) is 0 Å². The highest BCUT2D eigenvalue weighted by atomic mass is 16.5. The van der Waals surface area contributed by atoms with Crippen LogP contribution >= 0.6 is 0 Å². The molecule has 2 aromatic carbocycles. The Hall–Kier alpha value is -2.69. The Morgan fingerprint density at radius 3 is 2.36 bits per heavy atom. The van der Waals surface area contributed by atoms with E-state index in [4.69, 9.17) is 19.9 Å². The van der Waals surface area contributed by atoms with E-state index < -0.39 is 5.91 Å². The number of para-hydroxylation sites is 1. The number of hydrogen-bond acceptors (Lipinski definition) is 4. The third-order valence-corrected chi connectivity index (χ3v) is 3.15. The van der Waals surface area contributed by atoms with E-state index in [0.29, 0.717) is 30.3 Å². The van der Waals surface area contributed by atoms with Gasteiger partial charge in [0.25, 0.3) is 5.91 Å². The first-order chi connectivity index (χ1) is 10.6. The Morgan fingerprint density at radius 1 is 1.05 bits per heavy atom. The molecule has 0 unspecified atom stereocenters. The van der Waals surface area contributed by atoms with Crippen molar-refractivity contribution in [2.24, 2.45) is 5.73 Å². The summed E-state index contributed by atoms with van der Waals surface area (Å²) in [4.78, 5) is 11.4. The van der Waals surface area contributed by atoms with Crippen LogP contribution in [-0.2, 0) is 0 Å². The van der Waals surface area contributed by atoms with Crippen LogP contribution in [-0.4, -0.2) is 26.2 Å². The van der Waals surface area contributed by atoms with E-state index in [1.165, 1.54) is 0 Å². The fourth-order valence-corrected chi connectivity index (χ4v) is 1.97. The topological polar surface area (TPSA) is 70.8 Å². The van der Waals surface area contributed by atoms with Gasteiger partial charge in [-0.15, -0.1) is 0 Å². The Bertz CT molecular complexity index is 655. The Morgan fingerprint density at radius 2 is 1.73 bits per heavy atom. The van der Waals surface area contributed by atoms with Gasteiger partial charge in [-0.2, -0.15) is 0 Å². The monoisotopic (exact) mass is 301 g/mol. The molecule has 2 aromatic rings. The molecule has 0 aromatic heterocycles. The third kappa shape index (κ3) is 3.91. The molecule has 22 heavy (non-hydrogen) atoms. The molecule has 0 atom stereocenters. The molecule has 0 heterocycles. The van der Waals surface area contributed by atoms with Gasteiger partial charge in [-0.25, -0.2) is 0 Å². The molecule has 0 bridgehead atoms. The summed E-state index contributed by atoms with van der Waals surface area (Å²) in [6, 6.07) is 12.6. The van der Waals surface area contributed by atoms with E-state index in [1.54, 1.807) is 25.3 Å². The maximum absolute atomic E-state index is 11.4. The lowest BCUT2D eigenvalue weighted by Gasteiger charge is -2.12. The largest absolute Gasteiger partial charge is 0.497 e. The van der Waals surface area contributed by atoms with Crippen molar-refractivity contribution in [1.82, 2.24) is 0 Å². The third-order valence-electron chi connectivity index (χ3n) is 3.15. The van der Waals surface area contributed by atoms with E-state index >= 15 is 0 Å². The number of rotatable bonds is 7. The minimum absolute atomic E-state index is 0.293. The van der Waals surface area contributed by atoms with Gasteiger partial charge in [-0.3, -0.25) is 4.79 Å². The lowest BCUT2D eigenvalue weighted by atomic mass is 10.2. The molecule has 0 spiro atoms. The second-order valence-corrected chi connectivity index (χ2v) is 4.69. The molecular weight excluding hydrogens is 282 g/mol. The van der Waals surface area contributed by atoms with Crippen LogP contribution in [0.4, 0.5) is 0 Å². The van der Waals surface area contributed by atoms with Crippen LogP contribution in [0.5, 0.6) is 17.2 Å². The molecule has 0 radical (unpaired) electrons. The number of amides is 1. The van der Waals surface area contributed by atoms with Gasteiger partial charge in [0.05, 0.1) is 12.7 Å². The number of carbonyl (C=O) groups excluding carboxylic acids is 1. The van der Waals surface area contributed by atoms with Gasteiger partial charge in [0.1, 0.15) is 30.5 Å². The van der Waals surface area contributed by atoms with E-state index in [9.17, 15) is 4.79 Å². The zero-order valence-electron chi connectivity index (χ0n) is 12.7. The lowest BCUT2D eigenvalue weighted by molar-refractivity contribution is 0.0995. The smallest absolute Gasteiger partial charge is 0.252 e. The SMILES string of the molecule is COc1ccc(C(N)=O)c(OCCOc2ccccc2C)c1. The number of primary amides is 1. The van der Waals surface area contributed by atoms with Crippen molar-refractivity contribution < 1.29 is 19.0 Å². The van der Waals surface area contributed by atoms with Crippen LogP contribution in [0.25, 0.3) is 0 Å². The van der Waals surface area contributed by atoms with Crippen LogP contribution in [0.15, 0.2) is 42.5 Å². The van der Waals surface area contributed by atoms with Crippen LogP contribution < -0.4 is 19.9 Å². The van der Waals surface area contributed by atoms with Gasteiger partial charge in [-0.05, 0) is 30.7 Å². The second-order valence-electron chi connectivity index (χ2n) is 4.69. The van der Waals surface area contributed by atoms with Crippen molar-refractivity contribution in [2.45, 2.75) is 6.92 Å². The number of benzene rings is 2. The fraction of sp³-hybridized carbons (Fsp3) is 0.235. The standard InChI is InChI=1S/C17H19NO4/c1-12-5-3-4-6-15(12)21-9-10-22-16-11-13(20-2)7-8-14(16)17(18)19/h3-8,11H,9-10H2,1-2H3,(H2,18,19). The molecule has 0 aliphatic carbocycles. The first kappa shape index (κ1) is 15.7. The van der Waals surface area contributed by atoms with Gasteiger partial charge in [0.15, 0.2) is 0 Å². The Kier molecular flexibility index (Phi) is 5.25. The van der Waals surface area contributed by atoms with Gasteiger partial charge in [0, 0.05) is 6.07 Å². The van der Waals surface area contributed by atoms with Crippen LogP contribution in [0, 0.1) is 6.92 Å². The second kappa shape index (κ2) is 7.36. The molecule has 5 heteroatoms. The summed E-state index contributed by atoms with van der Waals surface area (Å²) in [5.41, 5.74) is 6.70. The summed E-state index contributed by atoms with van der Waals surface area (Å²) in [6.07, 6.45) is 0. The van der Waals surface area contributed by atoms with Crippen molar-refractivity contribution >= 4 is 5.91 Å². The van der Waals surface area contributed by atoms with Gasteiger partial charge in [0.2, 0.25) is 0 Å². The summed E-state index contributed by atoms with van der Waals surface area (Å²) in [5.74, 6) is 1.25. The van der Waals surface area contributed by atoms with Crippen molar-refractivity contribution in [2.75, 3.05) is 20.3 Å². The highest BCUT2D eigenvalue weighted by molar-refractivity contribution is 5.95. The molecule has 2 rings (SSSR count). The van der Waals surface area contributed by atoms with Crippen molar-refractivity contribution in [3.63, 3.8) is 0 Å². The highest BCUT2D eigenvalue weighted by Crippen LogP contribution is 2.24. The number of methoxy groups -OCH3 is 1. The van der Waals surface area contributed by atoms with Crippen molar-refractivity contribution in [3.05, 3.63) is 53.6 Å². The summed E-state index contributed by atoms with van der Waals surface area (Å²) in [7, 11) is 1.55. The summed E-state index contributed by atoms with van der Waals surface area (Å²) < 4.78 is 16.4. The predicted molar refractivity (Wildman–Crippen MR) is 83.7 cm³/mol. The molecule has 0 aliphatic rings. The first-order valence-corrected chi connectivity index (χ1v) is 6.91. The molecular formula is C17H19NO4. The predicted octanol–water partition coefficient (Wildman–Crippen LogP) is 2.56. The zero-order chi connectivity index (χ0) is 15.9. The lowest BCUT2D eigenvalue weighted by Crippen LogP contribution is -2.15. The number of ether oxygens (including phenoxy) is 3. The average molecular weight is 301 g/mol. The minimum atomic E-state index is -0.544. The van der Waals surface area contributed by atoms with Crippen LogP contribution in [0.2, 0.25) is 0 Å². The number of nitrogens with two attached hydrogens (primary N) is 1. The Balaban J connectivity index is 1.96.